The first-order chi connectivity index (χ1) is 11.8. The Hall–Kier alpha value is -1.88. The van der Waals surface area contributed by atoms with Crippen molar-refractivity contribution in [2.45, 2.75) is 46.5 Å². The van der Waals surface area contributed by atoms with Crippen LogP contribution in [0, 0.1) is 17.3 Å². The molecular weight excluding hydrogens is 316 g/mol. The summed E-state index contributed by atoms with van der Waals surface area (Å²) in [5, 5.41) is 5.73. The fraction of sp³-hybridized carbons (Fsp3) is 0.600. The molecule has 0 atom stereocenters. The van der Waals surface area contributed by atoms with E-state index < -0.39 is 0 Å². The molecule has 0 heterocycles. The predicted molar refractivity (Wildman–Crippen MR) is 100 cm³/mol. The molecule has 0 aromatic heterocycles. The molecule has 0 aliphatic heterocycles. The summed E-state index contributed by atoms with van der Waals surface area (Å²) in [5.41, 5.74) is 1.67. The Morgan fingerprint density at radius 3 is 2.24 bits per heavy atom. The van der Waals surface area contributed by atoms with Gasteiger partial charge in [-0.05, 0) is 55.2 Å². The average Bonchev–Trinajstić information content (AvgIpc) is 2.54. The highest BCUT2D eigenvalue weighted by molar-refractivity contribution is 5.95. The summed E-state index contributed by atoms with van der Waals surface area (Å²) >= 11 is 0. The SMILES string of the molecule is COCC(=O)Nc1cccc(NC(=O)C2CCC(C(C)(C)C)CC2)c1. The lowest BCUT2D eigenvalue weighted by atomic mass is 9.69. The van der Waals surface area contributed by atoms with Crippen LogP contribution in [0.4, 0.5) is 11.4 Å². The second-order valence-corrected chi connectivity index (χ2v) is 7.97. The van der Waals surface area contributed by atoms with Crippen LogP contribution in [-0.4, -0.2) is 25.5 Å². The van der Waals surface area contributed by atoms with Crippen LogP contribution in [0.3, 0.4) is 0 Å². The van der Waals surface area contributed by atoms with Gasteiger partial charge in [-0.15, -0.1) is 0 Å². The zero-order chi connectivity index (χ0) is 18.4. The van der Waals surface area contributed by atoms with Gasteiger partial charge in [-0.1, -0.05) is 26.8 Å². The van der Waals surface area contributed by atoms with Crippen molar-refractivity contribution in [3.05, 3.63) is 24.3 Å². The summed E-state index contributed by atoms with van der Waals surface area (Å²) in [6.07, 6.45) is 4.10. The van der Waals surface area contributed by atoms with Gasteiger partial charge in [-0.3, -0.25) is 9.59 Å². The maximum Gasteiger partial charge on any atom is 0.250 e. The number of hydrogen-bond acceptors (Lipinski definition) is 3. The van der Waals surface area contributed by atoms with Gasteiger partial charge in [0.15, 0.2) is 0 Å². The molecule has 0 unspecified atom stereocenters. The average molecular weight is 346 g/mol. The summed E-state index contributed by atoms with van der Waals surface area (Å²) in [4.78, 5) is 24.1. The van der Waals surface area contributed by atoms with E-state index in [9.17, 15) is 9.59 Å². The fourth-order valence-electron chi connectivity index (χ4n) is 3.47. The number of methoxy groups -OCH3 is 1. The molecule has 0 radical (unpaired) electrons. The Morgan fingerprint density at radius 1 is 1.08 bits per heavy atom. The summed E-state index contributed by atoms with van der Waals surface area (Å²) in [5.74, 6) is 0.625. The van der Waals surface area contributed by atoms with Crippen molar-refractivity contribution in [1.29, 1.82) is 0 Å². The number of nitrogens with one attached hydrogen (secondary N) is 2. The third kappa shape index (κ3) is 5.85. The van der Waals surface area contributed by atoms with Crippen LogP contribution in [0.5, 0.6) is 0 Å². The van der Waals surface area contributed by atoms with Crippen LogP contribution < -0.4 is 10.6 Å². The quantitative estimate of drug-likeness (QED) is 0.845. The van der Waals surface area contributed by atoms with Gasteiger partial charge in [0.05, 0.1) is 0 Å². The Labute approximate surface area is 150 Å². The van der Waals surface area contributed by atoms with Crippen molar-refractivity contribution in [1.82, 2.24) is 0 Å². The molecule has 2 rings (SSSR count). The van der Waals surface area contributed by atoms with E-state index in [1.54, 1.807) is 12.1 Å². The van der Waals surface area contributed by atoms with E-state index in [0.29, 0.717) is 22.7 Å². The van der Waals surface area contributed by atoms with Crippen LogP contribution in [-0.2, 0) is 14.3 Å². The van der Waals surface area contributed by atoms with Crippen molar-refractivity contribution in [2.75, 3.05) is 24.4 Å². The van der Waals surface area contributed by atoms with E-state index in [0.717, 1.165) is 25.7 Å². The lowest BCUT2D eigenvalue weighted by Crippen LogP contribution is -2.31. The number of anilines is 2. The van der Waals surface area contributed by atoms with E-state index in [1.165, 1.54) is 7.11 Å². The van der Waals surface area contributed by atoms with Crippen molar-refractivity contribution in [3.8, 4) is 0 Å². The monoisotopic (exact) mass is 346 g/mol. The second kappa shape index (κ2) is 8.48. The third-order valence-corrected chi connectivity index (χ3v) is 5.01. The van der Waals surface area contributed by atoms with Crippen LogP contribution >= 0.6 is 0 Å². The maximum absolute atomic E-state index is 12.5. The number of amides is 2. The standard InChI is InChI=1S/C20H30N2O3/c1-20(2,3)15-10-8-14(9-11-15)19(24)22-17-7-5-6-16(12-17)21-18(23)13-25-4/h5-7,12,14-15H,8-11,13H2,1-4H3,(H,21,23)(H,22,24). The summed E-state index contributed by atoms with van der Waals surface area (Å²) in [6, 6.07) is 7.21. The molecule has 25 heavy (non-hydrogen) atoms. The summed E-state index contributed by atoms with van der Waals surface area (Å²) in [7, 11) is 1.48. The lowest BCUT2D eigenvalue weighted by molar-refractivity contribution is -0.121. The molecule has 5 nitrogen and oxygen atoms in total. The van der Waals surface area contributed by atoms with Crippen LogP contribution in [0.15, 0.2) is 24.3 Å². The Kier molecular flexibility index (Phi) is 6.59. The predicted octanol–water partition coefficient (Wildman–Crippen LogP) is 4.06. The molecule has 1 aliphatic carbocycles. The molecule has 0 spiro atoms. The molecule has 138 valence electrons. The zero-order valence-corrected chi connectivity index (χ0v) is 15.7. The smallest absolute Gasteiger partial charge is 0.250 e. The molecule has 2 N–H and O–H groups in total. The first kappa shape index (κ1) is 19.4. The van der Waals surface area contributed by atoms with E-state index in [-0.39, 0.29) is 24.3 Å². The number of rotatable bonds is 5. The van der Waals surface area contributed by atoms with Gasteiger partial charge in [-0.2, -0.15) is 0 Å². The third-order valence-electron chi connectivity index (χ3n) is 5.01. The largest absolute Gasteiger partial charge is 0.375 e. The van der Waals surface area contributed by atoms with Crippen LogP contribution in [0.25, 0.3) is 0 Å². The van der Waals surface area contributed by atoms with Crippen molar-refractivity contribution in [2.24, 2.45) is 17.3 Å². The first-order valence-corrected chi connectivity index (χ1v) is 8.99. The second-order valence-electron chi connectivity index (χ2n) is 7.97. The van der Waals surface area contributed by atoms with E-state index in [4.69, 9.17) is 4.74 Å². The number of carbonyl (C=O) groups excluding carboxylic acids is 2. The highest BCUT2D eigenvalue weighted by Crippen LogP contribution is 2.40. The van der Waals surface area contributed by atoms with Crippen LogP contribution in [0.1, 0.15) is 46.5 Å². The van der Waals surface area contributed by atoms with Gasteiger partial charge >= 0.3 is 0 Å². The molecule has 0 saturated heterocycles. The van der Waals surface area contributed by atoms with Crippen molar-refractivity contribution >= 4 is 23.2 Å². The molecule has 5 heteroatoms. The van der Waals surface area contributed by atoms with Crippen molar-refractivity contribution < 1.29 is 14.3 Å². The zero-order valence-electron chi connectivity index (χ0n) is 15.7. The lowest BCUT2D eigenvalue weighted by Gasteiger charge is -2.36. The van der Waals surface area contributed by atoms with Crippen molar-refractivity contribution in [3.63, 3.8) is 0 Å². The van der Waals surface area contributed by atoms with Crippen LogP contribution in [0.2, 0.25) is 0 Å². The molecule has 0 bridgehead atoms. The molecule has 2 amide bonds. The van der Waals surface area contributed by atoms with Gasteiger partial charge in [0.2, 0.25) is 11.8 Å². The minimum Gasteiger partial charge on any atom is -0.375 e. The van der Waals surface area contributed by atoms with Gasteiger partial charge < -0.3 is 15.4 Å². The fourth-order valence-corrected chi connectivity index (χ4v) is 3.47. The topological polar surface area (TPSA) is 67.4 Å². The maximum atomic E-state index is 12.5. The van der Waals surface area contributed by atoms with Gasteiger partial charge in [0.1, 0.15) is 6.61 Å². The molecule has 1 aromatic rings. The number of hydrogen-bond donors (Lipinski definition) is 2. The Morgan fingerprint density at radius 2 is 1.68 bits per heavy atom. The number of ether oxygens (including phenoxy) is 1. The van der Waals surface area contributed by atoms with E-state index in [1.807, 2.05) is 12.1 Å². The molecular formula is C20H30N2O3. The van der Waals surface area contributed by atoms with E-state index in [2.05, 4.69) is 31.4 Å². The summed E-state index contributed by atoms with van der Waals surface area (Å²) in [6.45, 7) is 6.85. The first-order valence-electron chi connectivity index (χ1n) is 8.99. The molecule has 1 aromatic carbocycles. The number of benzene rings is 1. The number of carbonyl (C=O) groups is 2. The summed E-state index contributed by atoms with van der Waals surface area (Å²) < 4.78 is 4.80. The Bertz CT molecular complexity index is 599. The van der Waals surface area contributed by atoms with Gasteiger partial charge in [0.25, 0.3) is 0 Å². The highest BCUT2D eigenvalue weighted by atomic mass is 16.5. The molecule has 1 aliphatic rings. The minimum atomic E-state index is -0.216. The highest BCUT2D eigenvalue weighted by Gasteiger charge is 2.32. The molecule has 1 fully saturated rings. The minimum absolute atomic E-state index is 0.00754. The Balaban J connectivity index is 1.90. The van der Waals surface area contributed by atoms with Gasteiger partial charge in [0, 0.05) is 24.4 Å². The molecule has 1 saturated carbocycles. The normalized spacial score (nSPS) is 20.8. The van der Waals surface area contributed by atoms with E-state index >= 15 is 0 Å². The van der Waals surface area contributed by atoms with Gasteiger partial charge in [-0.25, -0.2) is 0 Å².